The van der Waals surface area contributed by atoms with Crippen molar-refractivity contribution in [3.8, 4) is 22.6 Å². The molecule has 1 aliphatic rings. The summed E-state index contributed by atoms with van der Waals surface area (Å²) in [5.74, 6) is 0.454. The van der Waals surface area contributed by atoms with Crippen molar-refractivity contribution in [2.24, 2.45) is 22.2 Å². The molecule has 48 heavy (non-hydrogen) atoms. The van der Waals surface area contributed by atoms with Crippen LogP contribution in [0, 0.1) is 5.41 Å². The molecule has 0 atom stereocenters. The fourth-order valence-corrected chi connectivity index (χ4v) is 4.92. The summed E-state index contributed by atoms with van der Waals surface area (Å²) in [6, 6.07) is 26.0. The Morgan fingerprint density at radius 1 is 0.792 bits per heavy atom. The van der Waals surface area contributed by atoms with Crippen LogP contribution in [0.5, 0.6) is 11.5 Å². The van der Waals surface area contributed by atoms with Gasteiger partial charge < -0.3 is 42.6 Å². The third kappa shape index (κ3) is 10.1. The number of fused-ring (bicyclic) bond motifs is 3. The molecule has 12 heteroatoms. The van der Waals surface area contributed by atoms with Crippen molar-refractivity contribution in [1.29, 1.82) is 5.41 Å². The van der Waals surface area contributed by atoms with E-state index in [2.05, 4.69) is 26.7 Å². The number of likely N-dealkylation sites (N-methyl/N-ethyl adjacent to an activating group) is 1. The molecule has 0 heterocycles. The number of carbonyl (C=O) groups is 2. The zero-order chi connectivity index (χ0) is 34.9. The summed E-state index contributed by atoms with van der Waals surface area (Å²) in [6.45, 7) is 5.66. The third-order valence-electron chi connectivity index (χ3n) is 6.91. The lowest BCUT2D eigenvalue weighted by atomic mass is 10.0. The molecule has 0 radical (unpaired) electrons. The van der Waals surface area contributed by atoms with E-state index in [-0.39, 0.29) is 30.9 Å². The number of guanidine groups is 1. The number of nitrogens with one attached hydrogen (secondary N) is 4. The molecule has 4 aromatic rings. The SMILES string of the molecule is CC.CNCCOc1ccccc1C(=O)Nc1ccc2c(c1)Cc1cc(NC(=O)c3ccccc3OCCN=C(N)N)ccc1-2.N=CN. The first-order valence-corrected chi connectivity index (χ1v) is 15.6. The molecular weight excluding hydrogens is 608 g/mol. The van der Waals surface area contributed by atoms with Gasteiger partial charge >= 0.3 is 0 Å². The number of hydrogen-bond acceptors (Lipinski definition) is 7. The number of benzene rings is 4. The number of nitrogens with two attached hydrogens (primary N) is 3. The Kier molecular flexibility index (Phi) is 14.4. The van der Waals surface area contributed by atoms with Gasteiger partial charge in [-0.3, -0.25) is 20.0 Å². The number of rotatable bonds is 12. The molecule has 4 aromatic carbocycles. The van der Waals surface area contributed by atoms with Crippen LogP contribution in [0.25, 0.3) is 11.1 Å². The molecule has 0 saturated heterocycles. The molecule has 0 bridgehead atoms. The van der Waals surface area contributed by atoms with E-state index in [0.29, 0.717) is 53.6 Å². The maximum absolute atomic E-state index is 13.1. The van der Waals surface area contributed by atoms with Gasteiger partial charge in [-0.25, -0.2) is 0 Å². The summed E-state index contributed by atoms with van der Waals surface area (Å²) >= 11 is 0. The van der Waals surface area contributed by atoms with Gasteiger partial charge in [-0.05, 0) is 84.3 Å². The lowest BCUT2D eigenvalue weighted by Gasteiger charge is -2.12. The number of aliphatic imine (C=N–C) groups is 1. The number of ether oxygens (including phenoxy) is 2. The predicted octanol–water partition coefficient (Wildman–Crippen LogP) is 4.59. The minimum Gasteiger partial charge on any atom is -0.491 e. The molecule has 1 aliphatic carbocycles. The highest BCUT2D eigenvalue weighted by Gasteiger charge is 2.21. The fraction of sp³-hybridized carbons (Fsp3) is 0.222. The zero-order valence-corrected chi connectivity index (χ0v) is 27.5. The highest BCUT2D eigenvalue weighted by atomic mass is 16.5. The topological polar surface area (TPSA) is 203 Å². The average molecular weight is 653 g/mol. The first-order chi connectivity index (χ1) is 23.3. The predicted molar refractivity (Wildman–Crippen MR) is 193 cm³/mol. The summed E-state index contributed by atoms with van der Waals surface area (Å²) in [6.07, 6.45) is 1.42. The normalized spacial score (nSPS) is 10.4. The van der Waals surface area contributed by atoms with E-state index >= 15 is 0 Å². The lowest BCUT2D eigenvalue weighted by Crippen LogP contribution is -2.23. The van der Waals surface area contributed by atoms with Gasteiger partial charge in [0.05, 0.1) is 24.0 Å². The third-order valence-corrected chi connectivity index (χ3v) is 6.91. The number of para-hydroxylation sites is 2. The van der Waals surface area contributed by atoms with Crippen molar-refractivity contribution >= 4 is 35.5 Å². The van der Waals surface area contributed by atoms with Gasteiger partial charge in [0.1, 0.15) is 24.7 Å². The highest BCUT2D eigenvalue weighted by Crippen LogP contribution is 2.39. The number of hydrogen-bond donors (Lipinski definition) is 7. The molecule has 2 amide bonds. The van der Waals surface area contributed by atoms with Crippen molar-refractivity contribution < 1.29 is 19.1 Å². The summed E-state index contributed by atoms with van der Waals surface area (Å²) < 4.78 is 11.5. The Hall–Kier alpha value is -5.88. The van der Waals surface area contributed by atoms with Gasteiger partial charge in [-0.2, -0.15) is 0 Å². The van der Waals surface area contributed by atoms with E-state index in [9.17, 15) is 9.59 Å². The van der Waals surface area contributed by atoms with E-state index in [1.807, 2.05) is 69.4 Å². The highest BCUT2D eigenvalue weighted by molar-refractivity contribution is 6.07. The van der Waals surface area contributed by atoms with Crippen molar-refractivity contribution in [2.45, 2.75) is 20.3 Å². The Labute approximate surface area is 281 Å². The van der Waals surface area contributed by atoms with Crippen LogP contribution in [0.1, 0.15) is 45.7 Å². The van der Waals surface area contributed by atoms with Crippen molar-refractivity contribution in [2.75, 3.05) is 44.0 Å². The second-order valence-corrected chi connectivity index (χ2v) is 10.1. The molecule has 0 saturated carbocycles. The van der Waals surface area contributed by atoms with Gasteiger partial charge in [0.15, 0.2) is 5.96 Å². The largest absolute Gasteiger partial charge is 0.491 e. The minimum atomic E-state index is -0.284. The molecule has 0 aromatic heterocycles. The van der Waals surface area contributed by atoms with Crippen LogP contribution in [-0.4, -0.2) is 57.5 Å². The molecule has 0 fully saturated rings. The van der Waals surface area contributed by atoms with Crippen molar-refractivity contribution in [1.82, 2.24) is 5.32 Å². The van der Waals surface area contributed by atoms with E-state index in [1.54, 1.807) is 36.4 Å². The van der Waals surface area contributed by atoms with E-state index < -0.39 is 0 Å². The monoisotopic (exact) mass is 652 g/mol. The van der Waals surface area contributed by atoms with E-state index in [1.165, 1.54) is 0 Å². The van der Waals surface area contributed by atoms with Crippen LogP contribution in [0.15, 0.2) is 89.9 Å². The van der Waals surface area contributed by atoms with Crippen LogP contribution in [0.4, 0.5) is 11.4 Å². The lowest BCUT2D eigenvalue weighted by molar-refractivity contribution is 0.101. The first kappa shape index (κ1) is 36.6. The number of nitrogens with zero attached hydrogens (tertiary/aromatic N) is 1. The second kappa shape index (κ2) is 18.9. The number of anilines is 2. The molecule has 5 rings (SSSR count). The van der Waals surface area contributed by atoms with Crippen molar-refractivity contribution in [3.05, 3.63) is 107 Å². The zero-order valence-electron chi connectivity index (χ0n) is 27.5. The molecule has 10 N–H and O–H groups in total. The minimum absolute atomic E-state index is 0.0125. The van der Waals surface area contributed by atoms with Crippen LogP contribution < -0.4 is 42.6 Å². The maximum Gasteiger partial charge on any atom is 0.259 e. The van der Waals surface area contributed by atoms with E-state index in [0.717, 1.165) is 28.6 Å². The molecule has 0 unspecified atom stereocenters. The first-order valence-electron chi connectivity index (χ1n) is 15.6. The van der Waals surface area contributed by atoms with Crippen molar-refractivity contribution in [3.63, 3.8) is 0 Å². The van der Waals surface area contributed by atoms with Crippen LogP contribution in [-0.2, 0) is 6.42 Å². The Morgan fingerprint density at radius 2 is 1.25 bits per heavy atom. The molecule has 0 spiro atoms. The molecule has 0 aliphatic heterocycles. The Bertz CT molecular complexity index is 1720. The Balaban J connectivity index is 0.00000118. The summed E-state index contributed by atoms with van der Waals surface area (Å²) in [5.41, 5.74) is 21.7. The molecule has 252 valence electrons. The Morgan fingerprint density at radius 3 is 1.71 bits per heavy atom. The summed E-state index contributed by atoms with van der Waals surface area (Å²) in [4.78, 5) is 30.1. The number of amides is 2. The average Bonchev–Trinajstić information content (AvgIpc) is 3.45. The second-order valence-electron chi connectivity index (χ2n) is 10.1. The summed E-state index contributed by atoms with van der Waals surface area (Å²) in [7, 11) is 1.85. The van der Waals surface area contributed by atoms with Crippen LogP contribution in [0.3, 0.4) is 0 Å². The van der Waals surface area contributed by atoms with E-state index in [4.69, 9.17) is 26.4 Å². The molecule has 12 nitrogen and oxygen atoms in total. The number of carbonyl (C=O) groups excluding carboxylic acids is 2. The van der Waals surface area contributed by atoms with Gasteiger partial charge in [0.25, 0.3) is 11.8 Å². The maximum atomic E-state index is 13.1. The quantitative estimate of drug-likeness (QED) is 0.0576. The van der Waals surface area contributed by atoms with Gasteiger partial charge in [-0.15, -0.1) is 0 Å². The van der Waals surface area contributed by atoms with Gasteiger partial charge in [0.2, 0.25) is 0 Å². The smallest absolute Gasteiger partial charge is 0.259 e. The van der Waals surface area contributed by atoms with Gasteiger partial charge in [-0.1, -0.05) is 50.2 Å². The molecular formula is C36H44N8O4. The van der Waals surface area contributed by atoms with Crippen LogP contribution >= 0.6 is 0 Å². The fourth-order valence-electron chi connectivity index (χ4n) is 4.92. The van der Waals surface area contributed by atoms with Crippen LogP contribution in [0.2, 0.25) is 0 Å². The summed E-state index contributed by atoms with van der Waals surface area (Å²) in [5, 5.41) is 14.9. The van der Waals surface area contributed by atoms with Gasteiger partial charge in [0, 0.05) is 17.9 Å². The standard InChI is InChI=1S/C33H34N6O4.C2H6.CH4N2/c1-36-14-16-42-29-8-4-2-6-27(29)31(40)38-23-10-12-25-21(19-23)18-22-20-24(11-13-26(22)25)39-32(41)28-7-3-5-9-30(28)43-17-15-37-33(34)35;1-2;2-1-3/h2-13,19-20,36H,14-18H2,1H3,(H,38,40)(H,39,41)(H4,34,35,37);1-2H3;1H,(H3,2,3).